The Hall–Kier alpha value is -4.56. The van der Waals surface area contributed by atoms with E-state index in [4.69, 9.17) is 0 Å². The highest BCUT2D eigenvalue weighted by atomic mass is 19.4. The molecule has 14 heteroatoms. The van der Waals surface area contributed by atoms with E-state index in [1.54, 1.807) is 10.6 Å². The van der Waals surface area contributed by atoms with Crippen LogP contribution in [-0.2, 0) is 44.6 Å². The van der Waals surface area contributed by atoms with E-state index in [0.29, 0.717) is 11.1 Å². The van der Waals surface area contributed by atoms with E-state index in [-0.39, 0.29) is 37.3 Å². The number of quaternary nitrogens is 2. The summed E-state index contributed by atoms with van der Waals surface area (Å²) in [5.74, 6) is -1.94. The Kier molecular flexibility index (Phi) is 8.32. The van der Waals surface area contributed by atoms with Crippen LogP contribution in [0.4, 0.5) is 37.7 Å². The van der Waals surface area contributed by atoms with Crippen LogP contribution in [0.1, 0.15) is 35.1 Å². The Morgan fingerprint density at radius 1 is 0.545 bits per heavy atom. The van der Waals surface area contributed by atoms with Crippen LogP contribution in [0, 0.1) is 0 Å². The van der Waals surface area contributed by atoms with Crippen molar-refractivity contribution in [3.05, 3.63) is 95.1 Å². The summed E-state index contributed by atoms with van der Waals surface area (Å²) in [6.45, 7) is 0.371. The van der Waals surface area contributed by atoms with Gasteiger partial charge in [-0.1, -0.05) is 24.3 Å². The maximum Gasteiger partial charge on any atom is 0.416 e. The van der Waals surface area contributed by atoms with Crippen LogP contribution < -0.4 is 20.4 Å². The maximum atomic E-state index is 13.0. The van der Waals surface area contributed by atoms with E-state index in [1.807, 2.05) is 0 Å². The van der Waals surface area contributed by atoms with Gasteiger partial charge in [0.2, 0.25) is 11.8 Å². The minimum absolute atomic E-state index is 0.110. The lowest BCUT2D eigenvalue weighted by Gasteiger charge is -2.18. The molecule has 0 spiro atoms. The predicted molar refractivity (Wildman–Crippen MR) is 142 cm³/mol. The molecule has 0 saturated carbocycles. The van der Waals surface area contributed by atoms with E-state index in [0.717, 1.165) is 34.1 Å². The maximum absolute atomic E-state index is 13.0. The number of nitrogens with two attached hydrogens (primary N) is 2. The molecule has 3 aromatic rings. The molecule has 4 amide bonds. The molecule has 44 heavy (non-hydrogen) atoms. The number of carbonyl (C=O) groups is 4. The van der Waals surface area contributed by atoms with Gasteiger partial charge in [-0.05, 0) is 48.5 Å². The quantitative estimate of drug-likeness (QED) is 0.298. The first-order valence-corrected chi connectivity index (χ1v) is 13.5. The van der Waals surface area contributed by atoms with Gasteiger partial charge in [0, 0.05) is 11.1 Å². The molecule has 2 fully saturated rings. The molecular weight excluding hydrogens is 594 g/mol. The highest BCUT2D eigenvalue weighted by Crippen LogP contribution is 2.31. The Morgan fingerprint density at radius 2 is 0.864 bits per heavy atom. The molecule has 230 valence electrons. The summed E-state index contributed by atoms with van der Waals surface area (Å²) in [5.41, 5.74) is 0.00320. The van der Waals surface area contributed by atoms with Gasteiger partial charge < -0.3 is 10.6 Å². The summed E-state index contributed by atoms with van der Waals surface area (Å²) in [6, 6.07) is 13.3. The molecule has 2 aliphatic heterocycles. The fourth-order valence-electron chi connectivity index (χ4n) is 5.19. The molecular formula is C30H26F6N4O4+2. The zero-order valence-corrected chi connectivity index (χ0v) is 22.9. The van der Waals surface area contributed by atoms with Crippen molar-refractivity contribution >= 4 is 35.0 Å². The highest BCUT2D eigenvalue weighted by molar-refractivity contribution is 6.23. The van der Waals surface area contributed by atoms with Crippen LogP contribution in [0.15, 0.2) is 72.8 Å². The minimum atomic E-state index is -4.46. The monoisotopic (exact) mass is 620 g/mol. The summed E-state index contributed by atoms with van der Waals surface area (Å²) in [6.07, 6.45) is -9.14. The zero-order valence-electron chi connectivity index (χ0n) is 22.9. The van der Waals surface area contributed by atoms with E-state index >= 15 is 0 Å². The highest BCUT2D eigenvalue weighted by Gasteiger charge is 2.44. The Bertz CT molecular complexity index is 1450. The molecule has 0 unspecified atom stereocenters. The first kappa shape index (κ1) is 30.9. The molecule has 3 aromatic carbocycles. The molecule has 2 heterocycles. The Balaban J connectivity index is 1.18. The molecule has 0 aliphatic carbocycles. The van der Waals surface area contributed by atoms with Crippen molar-refractivity contribution in [3.63, 3.8) is 0 Å². The van der Waals surface area contributed by atoms with Gasteiger partial charge in [0.1, 0.15) is 13.1 Å². The zero-order chi connectivity index (χ0) is 31.8. The first-order valence-electron chi connectivity index (χ1n) is 13.5. The van der Waals surface area contributed by atoms with Gasteiger partial charge in [0.25, 0.3) is 11.8 Å². The molecule has 2 aliphatic rings. The molecule has 0 radical (unpaired) electrons. The number of hydrogen-bond donors (Lipinski definition) is 2. The fourth-order valence-corrected chi connectivity index (χ4v) is 5.19. The van der Waals surface area contributed by atoms with Crippen molar-refractivity contribution in [2.24, 2.45) is 0 Å². The van der Waals surface area contributed by atoms with Crippen LogP contribution in [0.25, 0.3) is 0 Å². The second-order valence-electron chi connectivity index (χ2n) is 10.5. The average molecular weight is 621 g/mol. The Labute approximate surface area is 246 Å². The molecule has 4 N–H and O–H groups in total. The summed E-state index contributed by atoms with van der Waals surface area (Å²) in [4.78, 5) is 53.4. The first-order chi connectivity index (χ1) is 20.7. The number of rotatable bonds is 8. The second kappa shape index (κ2) is 11.8. The Morgan fingerprint density at radius 3 is 1.16 bits per heavy atom. The lowest BCUT2D eigenvalue weighted by Crippen LogP contribution is -2.90. The number of anilines is 2. The van der Waals surface area contributed by atoms with Gasteiger partial charge in [-0.3, -0.25) is 19.2 Å². The van der Waals surface area contributed by atoms with Gasteiger partial charge in [0.15, 0.2) is 12.1 Å². The molecule has 0 aromatic heterocycles. The number of benzene rings is 3. The van der Waals surface area contributed by atoms with Crippen molar-refractivity contribution in [2.45, 2.75) is 50.4 Å². The van der Waals surface area contributed by atoms with Gasteiger partial charge in [0.05, 0.1) is 35.3 Å². The number of imide groups is 2. The van der Waals surface area contributed by atoms with Crippen molar-refractivity contribution in [2.75, 3.05) is 9.80 Å². The predicted octanol–water partition coefficient (Wildman–Crippen LogP) is 2.52. The summed E-state index contributed by atoms with van der Waals surface area (Å²) in [5, 5.41) is 3.17. The summed E-state index contributed by atoms with van der Waals surface area (Å²) < 4.78 is 76.7. The molecule has 8 nitrogen and oxygen atoms in total. The average Bonchev–Trinajstić information content (AvgIpc) is 3.42. The lowest BCUT2D eigenvalue weighted by atomic mass is 10.1. The van der Waals surface area contributed by atoms with Gasteiger partial charge in [-0.25, -0.2) is 9.80 Å². The van der Waals surface area contributed by atoms with Gasteiger partial charge >= 0.3 is 12.4 Å². The number of halogens is 6. The smallest absolute Gasteiger partial charge is 0.332 e. The van der Waals surface area contributed by atoms with Crippen LogP contribution >= 0.6 is 0 Å². The van der Waals surface area contributed by atoms with Crippen molar-refractivity contribution < 1.29 is 56.2 Å². The second-order valence-corrected chi connectivity index (χ2v) is 10.5. The third-order valence-corrected chi connectivity index (χ3v) is 7.57. The number of alkyl halides is 6. The summed E-state index contributed by atoms with van der Waals surface area (Å²) >= 11 is 0. The molecule has 2 atom stereocenters. The third-order valence-electron chi connectivity index (χ3n) is 7.57. The van der Waals surface area contributed by atoms with Crippen molar-refractivity contribution in [1.29, 1.82) is 0 Å². The van der Waals surface area contributed by atoms with Gasteiger partial charge in [-0.15, -0.1) is 0 Å². The van der Waals surface area contributed by atoms with E-state index < -0.39 is 59.2 Å². The molecule has 0 bridgehead atoms. The molecule has 2 saturated heterocycles. The largest absolute Gasteiger partial charge is 0.416 e. The van der Waals surface area contributed by atoms with E-state index in [2.05, 4.69) is 0 Å². The normalized spacial score (nSPS) is 19.4. The van der Waals surface area contributed by atoms with Crippen LogP contribution in [0.2, 0.25) is 0 Å². The van der Waals surface area contributed by atoms with Crippen molar-refractivity contribution in [3.8, 4) is 0 Å². The molecule has 5 rings (SSSR count). The third kappa shape index (κ3) is 6.50. The van der Waals surface area contributed by atoms with Crippen LogP contribution in [0.3, 0.4) is 0 Å². The fraction of sp³-hybridized carbons (Fsp3) is 0.267. The van der Waals surface area contributed by atoms with Crippen LogP contribution in [0.5, 0.6) is 0 Å². The topological polar surface area (TPSA) is 108 Å². The number of nitrogens with zero attached hydrogens (tertiary/aromatic N) is 2. The van der Waals surface area contributed by atoms with Gasteiger partial charge in [-0.2, -0.15) is 26.3 Å². The number of amides is 4. The number of carbonyl (C=O) groups excluding carboxylic acids is 4. The number of hydrogen-bond acceptors (Lipinski definition) is 4. The standard InChI is InChI=1S/C30H24F6N4O4/c31-29(32,33)19-5-1-17(2-6-19)15-37-23-13-25(41)39(27(23)43)21-9-11-22(12-10-21)40-26(42)14-24(28(40)44)38-16-18-3-7-20(8-4-18)30(34,35)36/h1-12,23-24,37-38H,13-16H2/p+2/t23-,24-/m1/s1. The SMILES string of the molecule is O=C1C[C@@H]([NH2+]Cc2ccc(C(F)(F)F)cc2)C(=O)N1c1ccc(N2C(=O)C[C@@H]([NH2+]Cc3ccc(C(F)(F)F)cc3)C2=O)cc1. The summed E-state index contributed by atoms with van der Waals surface area (Å²) in [7, 11) is 0. The lowest BCUT2D eigenvalue weighted by molar-refractivity contribution is -0.690. The van der Waals surface area contributed by atoms with Crippen molar-refractivity contribution in [1.82, 2.24) is 0 Å². The van der Waals surface area contributed by atoms with Crippen LogP contribution in [-0.4, -0.2) is 35.7 Å². The van der Waals surface area contributed by atoms with E-state index in [9.17, 15) is 45.5 Å². The minimum Gasteiger partial charge on any atom is -0.332 e. The van der Waals surface area contributed by atoms with E-state index in [1.165, 1.54) is 48.5 Å².